The topological polar surface area (TPSA) is 55.8 Å². The van der Waals surface area contributed by atoms with Crippen LogP contribution in [0.4, 0.5) is 0 Å². The third kappa shape index (κ3) is 3.25. The van der Waals surface area contributed by atoms with Crippen LogP contribution < -0.4 is 4.74 Å². The average Bonchev–Trinajstić information content (AvgIpc) is 2.28. The second kappa shape index (κ2) is 5.36. The molecule has 0 spiro atoms. The normalized spacial score (nSPS) is 11.9. The lowest BCUT2D eigenvalue weighted by molar-refractivity contribution is -0.150. The zero-order valence-corrected chi connectivity index (χ0v) is 8.77. The standard InChI is InChI=1S/C11H14O4/c1-14-9-5-3-4-8(6-9)7-10(12)11(13)15-2/h3-6,10,12H,7H2,1-2H3/t10-/m1/s1. The van der Waals surface area contributed by atoms with E-state index < -0.39 is 12.1 Å². The van der Waals surface area contributed by atoms with Crippen LogP contribution in [0.3, 0.4) is 0 Å². The minimum atomic E-state index is -1.12. The van der Waals surface area contributed by atoms with E-state index in [0.717, 1.165) is 5.56 Å². The van der Waals surface area contributed by atoms with Gasteiger partial charge in [-0.15, -0.1) is 0 Å². The lowest BCUT2D eigenvalue weighted by Crippen LogP contribution is -2.24. The van der Waals surface area contributed by atoms with E-state index in [2.05, 4.69) is 4.74 Å². The van der Waals surface area contributed by atoms with E-state index in [9.17, 15) is 9.90 Å². The fourth-order valence-corrected chi connectivity index (χ4v) is 1.24. The molecule has 0 heterocycles. The Balaban J connectivity index is 2.67. The van der Waals surface area contributed by atoms with Crippen molar-refractivity contribution in [2.45, 2.75) is 12.5 Å². The summed E-state index contributed by atoms with van der Waals surface area (Å²) in [4.78, 5) is 11.0. The van der Waals surface area contributed by atoms with Gasteiger partial charge >= 0.3 is 5.97 Å². The summed E-state index contributed by atoms with van der Waals surface area (Å²) in [6.07, 6.45) is -0.897. The Hall–Kier alpha value is -1.55. The molecule has 0 saturated carbocycles. The molecule has 0 aliphatic carbocycles. The highest BCUT2D eigenvalue weighted by molar-refractivity contribution is 5.74. The average molecular weight is 210 g/mol. The van der Waals surface area contributed by atoms with Crippen molar-refractivity contribution in [2.24, 2.45) is 0 Å². The third-order valence-electron chi connectivity index (χ3n) is 2.04. The molecule has 4 nitrogen and oxygen atoms in total. The highest BCUT2D eigenvalue weighted by atomic mass is 16.5. The number of aliphatic hydroxyl groups is 1. The van der Waals surface area contributed by atoms with Gasteiger partial charge < -0.3 is 14.6 Å². The van der Waals surface area contributed by atoms with Crippen LogP contribution in [0.2, 0.25) is 0 Å². The fraction of sp³-hybridized carbons (Fsp3) is 0.364. The van der Waals surface area contributed by atoms with E-state index in [4.69, 9.17) is 4.74 Å². The first-order chi connectivity index (χ1) is 7.17. The van der Waals surface area contributed by atoms with Crippen LogP contribution >= 0.6 is 0 Å². The number of carbonyl (C=O) groups excluding carboxylic acids is 1. The summed E-state index contributed by atoms with van der Waals surface area (Å²) in [5.74, 6) is 0.0717. The molecule has 0 fully saturated rings. The van der Waals surface area contributed by atoms with E-state index in [1.165, 1.54) is 7.11 Å². The number of benzene rings is 1. The van der Waals surface area contributed by atoms with Gasteiger partial charge in [-0.1, -0.05) is 12.1 Å². The lowest BCUT2D eigenvalue weighted by atomic mass is 10.1. The summed E-state index contributed by atoms with van der Waals surface area (Å²) in [5, 5.41) is 9.42. The first kappa shape index (κ1) is 11.5. The second-order valence-electron chi connectivity index (χ2n) is 3.09. The predicted molar refractivity (Wildman–Crippen MR) is 54.7 cm³/mol. The van der Waals surface area contributed by atoms with Crippen molar-refractivity contribution in [1.82, 2.24) is 0 Å². The number of hydrogen-bond donors (Lipinski definition) is 1. The molecular weight excluding hydrogens is 196 g/mol. The van der Waals surface area contributed by atoms with Crippen molar-refractivity contribution in [3.63, 3.8) is 0 Å². The van der Waals surface area contributed by atoms with Crippen molar-refractivity contribution in [2.75, 3.05) is 14.2 Å². The first-order valence-electron chi connectivity index (χ1n) is 4.56. The molecule has 0 aromatic heterocycles. The molecule has 0 aliphatic rings. The maximum atomic E-state index is 11.0. The van der Waals surface area contributed by atoms with Gasteiger partial charge in [0, 0.05) is 6.42 Å². The maximum Gasteiger partial charge on any atom is 0.335 e. The minimum absolute atomic E-state index is 0.226. The van der Waals surface area contributed by atoms with Crippen molar-refractivity contribution in [1.29, 1.82) is 0 Å². The van der Waals surface area contributed by atoms with Crippen molar-refractivity contribution in [3.05, 3.63) is 29.8 Å². The monoisotopic (exact) mass is 210 g/mol. The Bertz CT molecular complexity index is 335. The van der Waals surface area contributed by atoms with Gasteiger partial charge in [0.15, 0.2) is 6.10 Å². The fourth-order valence-electron chi connectivity index (χ4n) is 1.24. The van der Waals surface area contributed by atoms with Crippen LogP contribution in [0.1, 0.15) is 5.56 Å². The largest absolute Gasteiger partial charge is 0.497 e. The Labute approximate surface area is 88.4 Å². The van der Waals surface area contributed by atoms with Gasteiger partial charge in [0.1, 0.15) is 5.75 Å². The summed E-state index contributed by atoms with van der Waals surface area (Å²) in [7, 11) is 2.81. The number of rotatable bonds is 4. The van der Waals surface area contributed by atoms with E-state index in [0.29, 0.717) is 5.75 Å². The minimum Gasteiger partial charge on any atom is -0.497 e. The predicted octanol–water partition coefficient (Wildman–Crippen LogP) is 0.772. The number of ether oxygens (including phenoxy) is 2. The van der Waals surface area contributed by atoms with Gasteiger partial charge in [-0.3, -0.25) is 0 Å². The third-order valence-corrected chi connectivity index (χ3v) is 2.04. The zero-order valence-electron chi connectivity index (χ0n) is 8.77. The molecule has 82 valence electrons. The highest BCUT2D eigenvalue weighted by Gasteiger charge is 2.15. The Morgan fingerprint density at radius 2 is 2.20 bits per heavy atom. The van der Waals surface area contributed by atoms with Crippen molar-refractivity contribution >= 4 is 5.97 Å². The molecular formula is C11H14O4. The summed E-state index contributed by atoms with van der Waals surface area (Å²) in [6.45, 7) is 0. The van der Waals surface area contributed by atoms with Crippen LogP contribution in [-0.2, 0) is 16.0 Å². The molecule has 0 aliphatic heterocycles. The van der Waals surface area contributed by atoms with E-state index in [-0.39, 0.29) is 6.42 Å². The van der Waals surface area contributed by atoms with Gasteiger partial charge in [0.2, 0.25) is 0 Å². The number of methoxy groups -OCH3 is 2. The molecule has 1 aromatic carbocycles. The van der Waals surface area contributed by atoms with Crippen LogP contribution in [0.25, 0.3) is 0 Å². The quantitative estimate of drug-likeness (QED) is 0.746. The molecule has 1 N–H and O–H groups in total. The van der Waals surface area contributed by atoms with Gasteiger partial charge in [-0.25, -0.2) is 4.79 Å². The van der Waals surface area contributed by atoms with E-state index in [1.54, 1.807) is 25.3 Å². The molecule has 0 saturated heterocycles. The number of carbonyl (C=O) groups is 1. The molecule has 0 unspecified atom stereocenters. The first-order valence-corrected chi connectivity index (χ1v) is 4.56. The SMILES string of the molecule is COC(=O)[C@H](O)Cc1cccc(OC)c1. The van der Waals surface area contributed by atoms with Gasteiger partial charge in [0.25, 0.3) is 0 Å². The van der Waals surface area contributed by atoms with E-state index in [1.807, 2.05) is 6.07 Å². The zero-order chi connectivity index (χ0) is 11.3. The van der Waals surface area contributed by atoms with E-state index >= 15 is 0 Å². The van der Waals surface area contributed by atoms with Crippen LogP contribution in [-0.4, -0.2) is 31.4 Å². The van der Waals surface area contributed by atoms with Gasteiger partial charge in [0.05, 0.1) is 14.2 Å². The Morgan fingerprint density at radius 1 is 1.47 bits per heavy atom. The number of aliphatic hydroxyl groups excluding tert-OH is 1. The van der Waals surface area contributed by atoms with Crippen molar-refractivity contribution < 1.29 is 19.4 Å². The molecule has 1 rings (SSSR count). The van der Waals surface area contributed by atoms with Crippen LogP contribution in [0.15, 0.2) is 24.3 Å². The summed E-state index contributed by atoms with van der Waals surface area (Å²) < 4.78 is 9.45. The maximum absolute atomic E-state index is 11.0. The number of hydrogen-bond acceptors (Lipinski definition) is 4. The summed E-state index contributed by atoms with van der Waals surface area (Å²) >= 11 is 0. The van der Waals surface area contributed by atoms with Gasteiger partial charge in [-0.05, 0) is 17.7 Å². The van der Waals surface area contributed by atoms with Crippen LogP contribution in [0.5, 0.6) is 5.75 Å². The van der Waals surface area contributed by atoms with Gasteiger partial charge in [-0.2, -0.15) is 0 Å². The Morgan fingerprint density at radius 3 is 2.80 bits per heavy atom. The van der Waals surface area contributed by atoms with Crippen LogP contribution in [0, 0.1) is 0 Å². The molecule has 15 heavy (non-hydrogen) atoms. The Kier molecular flexibility index (Phi) is 4.12. The lowest BCUT2D eigenvalue weighted by Gasteiger charge is -2.08. The molecule has 0 amide bonds. The highest BCUT2D eigenvalue weighted by Crippen LogP contribution is 2.14. The smallest absolute Gasteiger partial charge is 0.335 e. The summed E-state index contributed by atoms with van der Waals surface area (Å²) in [6, 6.07) is 7.19. The summed E-state index contributed by atoms with van der Waals surface area (Å²) in [5.41, 5.74) is 0.826. The molecule has 1 atom stereocenters. The van der Waals surface area contributed by atoms with Crippen molar-refractivity contribution in [3.8, 4) is 5.75 Å². The molecule has 0 radical (unpaired) electrons. The second-order valence-corrected chi connectivity index (χ2v) is 3.09. The molecule has 1 aromatic rings. The molecule has 4 heteroatoms. The number of esters is 1. The molecule has 0 bridgehead atoms.